The third-order valence-corrected chi connectivity index (χ3v) is 6.59. The maximum atomic E-state index is 13.3. The number of anilines is 2. The number of nitro groups is 1. The van der Waals surface area contributed by atoms with E-state index in [1.54, 1.807) is 41.1 Å². The van der Waals surface area contributed by atoms with Crippen LogP contribution in [0.25, 0.3) is 0 Å². The smallest absolute Gasteiger partial charge is 0.269 e. The van der Waals surface area contributed by atoms with Gasteiger partial charge in [0.25, 0.3) is 11.6 Å². The van der Waals surface area contributed by atoms with E-state index in [2.05, 4.69) is 15.7 Å². The van der Waals surface area contributed by atoms with Crippen LogP contribution in [-0.2, 0) is 4.79 Å². The van der Waals surface area contributed by atoms with Gasteiger partial charge in [0, 0.05) is 35.5 Å². The van der Waals surface area contributed by atoms with E-state index in [9.17, 15) is 19.7 Å². The molecule has 1 amide bonds. The summed E-state index contributed by atoms with van der Waals surface area (Å²) < 4.78 is 7.07. The molecule has 1 atom stereocenters. The highest BCUT2D eigenvalue weighted by Crippen LogP contribution is 2.46. The van der Waals surface area contributed by atoms with Crippen LogP contribution in [0.3, 0.4) is 0 Å². The van der Waals surface area contributed by atoms with Crippen molar-refractivity contribution in [2.45, 2.75) is 39.7 Å². The van der Waals surface area contributed by atoms with Gasteiger partial charge in [-0.15, -0.1) is 0 Å². The highest BCUT2D eigenvalue weighted by atomic mass is 16.6. The molecule has 1 aliphatic carbocycles. The summed E-state index contributed by atoms with van der Waals surface area (Å²) in [7, 11) is 0. The van der Waals surface area contributed by atoms with Crippen LogP contribution in [0.4, 0.5) is 17.2 Å². The molecule has 0 fully saturated rings. The highest BCUT2D eigenvalue weighted by Gasteiger charge is 2.42. The van der Waals surface area contributed by atoms with Crippen LogP contribution in [0.2, 0.25) is 0 Å². The van der Waals surface area contributed by atoms with Gasteiger partial charge in [0.2, 0.25) is 0 Å². The van der Waals surface area contributed by atoms with Gasteiger partial charge >= 0.3 is 0 Å². The summed E-state index contributed by atoms with van der Waals surface area (Å²) in [5.74, 6) is 0.811. The molecule has 10 heteroatoms. The summed E-state index contributed by atoms with van der Waals surface area (Å²) in [5.41, 5.74) is 2.62. The predicted octanol–water partition coefficient (Wildman–Crippen LogP) is 5.10. The Bertz CT molecular complexity index is 1420. The highest BCUT2D eigenvalue weighted by molar-refractivity contribution is 6.08. The molecule has 0 saturated heterocycles. The van der Waals surface area contributed by atoms with Crippen molar-refractivity contribution in [1.29, 1.82) is 0 Å². The van der Waals surface area contributed by atoms with Crippen LogP contribution in [0, 0.1) is 15.5 Å². The topological polar surface area (TPSA) is 128 Å². The molecule has 0 spiro atoms. The number of amides is 1. The van der Waals surface area contributed by atoms with Crippen LogP contribution in [0.1, 0.15) is 55.6 Å². The van der Waals surface area contributed by atoms with Gasteiger partial charge in [-0.2, -0.15) is 5.10 Å². The first-order chi connectivity index (χ1) is 17.7. The second kappa shape index (κ2) is 9.20. The molecule has 10 nitrogen and oxygen atoms in total. The van der Waals surface area contributed by atoms with Crippen LogP contribution in [0.5, 0.6) is 5.75 Å². The second-order valence-electron chi connectivity index (χ2n) is 9.97. The minimum absolute atomic E-state index is 0.0105. The van der Waals surface area contributed by atoms with Crippen molar-refractivity contribution < 1.29 is 19.2 Å². The number of benzene rings is 2. The molecule has 2 aromatic carbocycles. The van der Waals surface area contributed by atoms with E-state index in [-0.39, 0.29) is 22.8 Å². The van der Waals surface area contributed by atoms with Gasteiger partial charge in [0.1, 0.15) is 23.2 Å². The molecule has 0 bridgehead atoms. The van der Waals surface area contributed by atoms with Crippen molar-refractivity contribution in [2.24, 2.45) is 5.41 Å². The van der Waals surface area contributed by atoms with Crippen molar-refractivity contribution in [2.75, 3.05) is 17.2 Å². The fraction of sp³-hybridized carbons (Fsp3) is 0.296. The Hall–Kier alpha value is -4.47. The average Bonchev–Trinajstić information content (AvgIpc) is 3.27. The first-order valence-corrected chi connectivity index (χ1v) is 12.1. The van der Waals surface area contributed by atoms with Gasteiger partial charge in [-0.1, -0.05) is 13.8 Å². The summed E-state index contributed by atoms with van der Waals surface area (Å²) in [6.45, 7) is 6.51. The van der Waals surface area contributed by atoms with Gasteiger partial charge < -0.3 is 15.4 Å². The molecule has 190 valence electrons. The van der Waals surface area contributed by atoms with E-state index in [4.69, 9.17) is 4.74 Å². The Morgan fingerprint density at radius 1 is 1.19 bits per heavy atom. The van der Waals surface area contributed by atoms with Gasteiger partial charge in [0.15, 0.2) is 5.78 Å². The molecular formula is C27H27N5O5. The van der Waals surface area contributed by atoms with Gasteiger partial charge in [-0.05, 0) is 60.7 Å². The third kappa shape index (κ3) is 4.57. The molecular weight excluding hydrogens is 474 g/mol. The molecule has 1 aromatic heterocycles. The summed E-state index contributed by atoms with van der Waals surface area (Å²) >= 11 is 0. The normalized spacial score (nSPS) is 17.9. The SMILES string of the molecule is CCOc1ccc(NC(=O)c2cnn3c2NC2=C(C(=O)CC(C)(C)C2)[C@@H]3c2ccc([N+](=O)[O-])cc2)cc1. The Morgan fingerprint density at radius 3 is 2.54 bits per heavy atom. The van der Waals surface area contributed by atoms with E-state index in [1.807, 2.05) is 20.8 Å². The maximum absolute atomic E-state index is 13.3. The zero-order valence-corrected chi connectivity index (χ0v) is 20.8. The minimum atomic E-state index is -0.609. The number of nitrogens with one attached hydrogen (secondary N) is 2. The van der Waals surface area contributed by atoms with Crippen LogP contribution in [-0.4, -0.2) is 33.0 Å². The summed E-state index contributed by atoms with van der Waals surface area (Å²) in [4.78, 5) is 37.3. The van der Waals surface area contributed by atoms with E-state index in [1.165, 1.54) is 18.3 Å². The standard InChI is InChI=1S/C27H27N5O5/c1-4-37-19-11-7-17(8-12-19)29-26(34)20-15-28-31-24(16-5-9-18(10-6-16)32(35)36)23-21(30-25(20)31)13-27(2,3)14-22(23)33/h5-12,15,24,30H,4,13-14H2,1-3H3,(H,29,34)/t24-/m0/s1. The molecule has 0 radical (unpaired) electrons. The number of aromatic nitrogens is 2. The van der Waals surface area contributed by atoms with E-state index in [0.717, 1.165) is 5.70 Å². The average molecular weight is 502 g/mol. The minimum Gasteiger partial charge on any atom is -0.494 e. The largest absolute Gasteiger partial charge is 0.494 e. The molecule has 2 aliphatic rings. The van der Waals surface area contributed by atoms with Crippen LogP contribution in [0.15, 0.2) is 66.0 Å². The lowest BCUT2D eigenvalue weighted by Gasteiger charge is -2.39. The van der Waals surface area contributed by atoms with Gasteiger partial charge in [0.05, 0.1) is 17.7 Å². The number of Topliss-reactive ketones (excluding diaryl/α,β-unsaturated/α-hetero) is 1. The Balaban J connectivity index is 1.53. The van der Waals surface area contributed by atoms with Crippen molar-refractivity contribution in [3.63, 3.8) is 0 Å². The van der Waals surface area contributed by atoms with Gasteiger partial charge in [-0.25, -0.2) is 4.68 Å². The lowest BCUT2D eigenvalue weighted by molar-refractivity contribution is -0.384. The number of non-ortho nitro benzene ring substituents is 1. The number of carbonyl (C=O) groups is 2. The van der Waals surface area contributed by atoms with Gasteiger partial charge in [-0.3, -0.25) is 19.7 Å². The van der Waals surface area contributed by atoms with E-state index in [0.29, 0.717) is 53.4 Å². The lowest BCUT2D eigenvalue weighted by Crippen LogP contribution is -2.37. The quantitative estimate of drug-likeness (QED) is 0.355. The predicted molar refractivity (Wildman–Crippen MR) is 138 cm³/mol. The monoisotopic (exact) mass is 501 g/mol. The van der Waals surface area contributed by atoms with Crippen LogP contribution < -0.4 is 15.4 Å². The fourth-order valence-corrected chi connectivity index (χ4v) is 4.96. The maximum Gasteiger partial charge on any atom is 0.269 e. The molecule has 2 N–H and O–H groups in total. The number of nitro benzene ring substituents is 1. The Kier molecular flexibility index (Phi) is 6.02. The molecule has 0 unspecified atom stereocenters. The fourth-order valence-electron chi connectivity index (χ4n) is 4.96. The zero-order valence-electron chi connectivity index (χ0n) is 20.8. The van der Waals surface area contributed by atoms with E-state index >= 15 is 0 Å². The summed E-state index contributed by atoms with van der Waals surface area (Å²) in [5, 5.41) is 21.9. The van der Waals surface area contributed by atoms with Crippen molar-refractivity contribution in [3.8, 4) is 5.75 Å². The first-order valence-electron chi connectivity index (χ1n) is 12.1. The molecule has 0 saturated carbocycles. The second-order valence-corrected chi connectivity index (χ2v) is 9.97. The molecule has 37 heavy (non-hydrogen) atoms. The Morgan fingerprint density at radius 2 is 1.89 bits per heavy atom. The number of ether oxygens (including phenoxy) is 1. The number of hydrogen-bond acceptors (Lipinski definition) is 7. The third-order valence-electron chi connectivity index (χ3n) is 6.59. The number of nitrogens with zero attached hydrogens (tertiary/aromatic N) is 3. The number of allylic oxidation sites excluding steroid dienone is 2. The molecule has 5 rings (SSSR count). The summed E-state index contributed by atoms with van der Waals surface area (Å²) in [6.07, 6.45) is 2.46. The molecule has 2 heterocycles. The Labute approximate surface area is 213 Å². The number of fused-ring (bicyclic) bond motifs is 1. The number of ketones is 1. The lowest BCUT2D eigenvalue weighted by atomic mass is 9.73. The summed E-state index contributed by atoms with van der Waals surface area (Å²) in [6, 6.07) is 12.6. The van der Waals surface area contributed by atoms with Crippen molar-refractivity contribution in [3.05, 3.63) is 87.2 Å². The zero-order chi connectivity index (χ0) is 26.3. The molecule has 1 aliphatic heterocycles. The first kappa shape index (κ1) is 24.2. The number of rotatable bonds is 6. The number of carbonyl (C=O) groups excluding carboxylic acids is 2. The van der Waals surface area contributed by atoms with Crippen molar-refractivity contribution in [1.82, 2.24) is 9.78 Å². The van der Waals surface area contributed by atoms with Crippen molar-refractivity contribution >= 4 is 28.9 Å². The van der Waals surface area contributed by atoms with E-state index < -0.39 is 11.0 Å². The van der Waals surface area contributed by atoms with Crippen LogP contribution >= 0.6 is 0 Å². The molecule has 3 aromatic rings. The number of hydrogen-bond donors (Lipinski definition) is 2.